The van der Waals surface area contributed by atoms with Crippen LogP contribution in [-0.2, 0) is 0 Å². The zero-order valence-corrected chi connectivity index (χ0v) is 17.6. The van der Waals surface area contributed by atoms with Crippen LogP contribution in [0.4, 0.5) is 11.4 Å². The number of anilines is 2. The Morgan fingerprint density at radius 3 is 2.30 bits per heavy atom. The number of nitrogens with one attached hydrogen (secondary N) is 1. The highest BCUT2D eigenvalue weighted by Crippen LogP contribution is 2.33. The van der Waals surface area contributed by atoms with Crippen LogP contribution in [0.1, 0.15) is 5.56 Å². The van der Waals surface area contributed by atoms with Crippen molar-refractivity contribution in [1.82, 2.24) is 4.98 Å². The number of fused-ring (bicyclic) bond motifs is 1. The fourth-order valence-electron chi connectivity index (χ4n) is 3.65. The third-order valence-electron chi connectivity index (χ3n) is 5.27. The molecular weight excluding hydrogens is 410 g/mol. The van der Waals surface area contributed by atoms with E-state index < -0.39 is 0 Å². The van der Waals surface area contributed by atoms with Gasteiger partial charge in [0.05, 0.1) is 16.8 Å². The van der Waals surface area contributed by atoms with Gasteiger partial charge in [0.15, 0.2) is 0 Å². The predicted molar refractivity (Wildman–Crippen MR) is 130 cm³/mol. The fraction of sp³-hybridized carbons (Fsp3) is 0. The highest BCUT2D eigenvalue weighted by Gasteiger charge is 2.11. The zero-order valence-electron chi connectivity index (χ0n) is 17.6. The summed E-state index contributed by atoms with van der Waals surface area (Å²) in [7, 11) is 0. The summed E-state index contributed by atoms with van der Waals surface area (Å²) >= 11 is 0. The maximum atomic E-state index is 9.86. The van der Waals surface area contributed by atoms with E-state index in [1.807, 2.05) is 78.9 Å². The van der Waals surface area contributed by atoms with Gasteiger partial charge in [-0.25, -0.2) is 0 Å². The van der Waals surface area contributed by atoms with Gasteiger partial charge in [0.25, 0.3) is 0 Å². The number of hydrogen-bond donors (Lipinski definition) is 2. The van der Waals surface area contributed by atoms with Crippen molar-refractivity contribution in [2.24, 2.45) is 0 Å². The molecule has 0 unspecified atom stereocenters. The number of phenolic OH excluding ortho intramolecular Hbond substituents is 1. The van der Waals surface area contributed by atoms with Crippen LogP contribution in [0, 0.1) is 11.3 Å². The summed E-state index contributed by atoms with van der Waals surface area (Å²) in [5.74, 6) is 1.69. The van der Waals surface area contributed by atoms with Gasteiger partial charge in [0.2, 0.25) is 0 Å². The van der Waals surface area contributed by atoms with Crippen LogP contribution in [0.25, 0.3) is 22.0 Å². The first-order valence-electron chi connectivity index (χ1n) is 10.4. The third kappa shape index (κ3) is 4.32. The predicted octanol–water partition coefficient (Wildman–Crippen LogP) is 7.01. The van der Waals surface area contributed by atoms with Crippen LogP contribution in [0.5, 0.6) is 17.2 Å². The molecule has 0 aliphatic heterocycles. The molecule has 0 saturated carbocycles. The Bertz CT molecular complexity index is 1470. The molecule has 0 fully saturated rings. The molecule has 158 valence electrons. The highest BCUT2D eigenvalue weighted by atomic mass is 16.5. The maximum Gasteiger partial charge on any atom is 0.127 e. The molecule has 0 aliphatic rings. The van der Waals surface area contributed by atoms with Crippen molar-refractivity contribution in [3.8, 4) is 34.4 Å². The van der Waals surface area contributed by atoms with Gasteiger partial charge in [-0.1, -0.05) is 36.4 Å². The molecule has 5 nitrogen and oxygen atoms in total. The second-order valence-corrected chi connectivity index (χ2v) is 7.51. The normalized spacial score (nSPS) is 10.5. The van der Waals surface area contributed by atoms with E-state index >= 15 is 0 Å². The van der Waals surface area contributed by atoms with Crippen molar-refractivity contribution in [2.45, 2.75) is 0 Å². The summed E-state index contributed by atoms with van der Waals surface area (Å²) in [6, 6.07) is 32.3. The number of rotatable bonds is 5. The van der Waals surface area contributed by atoms with E-state index in [1.54, 1.807) is 24.4 Å². The van der Waals surface area contributed by atoms with Crippen molar-refractivity contribution in [3.05, 3.63) is 109 Å². The number of para-hydroxylation sites is 1. The Morgan fingerprint density at radius 1 is 0.788 bits per heavy atom. The minimum Gasteiger partial charge on any atom is -0.508 e. The molecule has 0 saturated heterocycles. The molecule has 1 aromatic heterocycles. The third-order valence-corrected chi connectivity index (χ3v) is 5.27. The van der Waals surface area contributed by atoms with Gasteiger partial charge in [0.1, 0.15) is 23.3 Å². The number of aromatic hydroxyl groups is 1. The van der Waals surface area contributed by atoms with Crippen molar-refractivity contribution >= 4 is 22.3 Å². The van der Waals surface area contributed by atoms with Crippen molar-refractivity contribution in [1.29, 1.82) is 5.26 Å². The number of ether oxygens (including phenoxy) is 1. The Balaban J connectivity index is 1.50. The smallest absolute Gasteiger partial charge is 0.127 e. The summed E-state index contributed by atoms with van der Waals surface area (Å²) in [5, 5.41) is 23.8. The molecule has 4 aromatic carbocycles. The second-order valence-electron chi connectivity index (χ2n) is 7.51. The lowest BCUT2D eigenvalue weighted by Gasteiger charge is -2.13. The zero-order chi connectivity index (χ0) is 22.6. The topological polar surface area (TPSA) is 78.2 Å². The molecule has 0 radical (unpaired) electrons. The van der Waals surface area contributed by atoms with Crippen LogP contribution < -0.4 is 10.1 Å². The van der Waals surface area contributed by atoms with E-state index in [0.29, 0.717) is 11.3 Å². The minimum atomic E-state index is 0.202. The number of nitrogens with zero attached hydrogens (tertiary/aromatic N) is 2. The van der Waals surface area contributed by atoms with Gasteiger partial charge in [-0.2, -0.15) is 5.26 Å². The molecule has 5 aromatic rings. The number of nitriles is 1. The molecule has 0 amide bonds. The van der Waals surface area contributed by atoms with Crippen molar-refractivity contribution in [2.75, 3.05) is 5.32 Å². The summed E-state index contributed by atoms with van der Waals surface area (Å²) in [6.45, 7) is 0. The number of aromatic nitrogens is 1. The number of pyridine rings is 1. The maximum absolute atomic E-state index is 9.86. The molecule has 0 aliphatic carbocycles. The SMILES string of the molecule is N#Cc1cnc2ccc(-c3cccc(O)c3)cc2c1Nc1ccc(Oc2ccccc2)cc1. The van der Waals surface area contributed by atoms with E-state index in [4.69, 9.17) is 4.74 Å². The number of benzene rings is 4. The molecule has 0 bridgehead atoms. The average molecular weight is 429 g/mol. The fourth-order valence-corrected chi connectivity index (χ4v) is 3.65. The standard InChI is InChI=1S/C28H19N3O2/c29-17-21-18-30-27-14-9-20(19-5-4-6-23(32)15-19)16-26(27)28(21)31-22-10-12-25(13-11-22)33-24-7-2-1-3-8-24/h1-16,18,32H,(H,30,31). The molecule has 1 heterocycles. The first kappa shape index (κ1) is 20.1. The molecule has 5 heteroatoms. The van der Waals surface area contributed by atoms with Crippen LogP contribution >= 0.6 is 0 Å². The van der Waals surface area contributed by atoms with Crippen LogP contribution in [0.15, 0.2) is 103 Å². The largest absolute Gasteiger partial charge is 0.508 e. The lowest BCUT2D eigenvalue weighted by molar-refractivity contribution is 0.475. The van der Waals surface area contributed by atoms with Crippen molar-refractivity contribution in [3.63, 3.8) is 0 Å². The van der Waals surface area contributed by atoms with Gasteiger partial charge in [-0.15, -0.1) is 0 Å². The molecule has 2 N–H and O–H groups in total. The Hall–Kier alpha value is -4.82. The summed E-state index contributed by atoms with van der Waals surface area (Å²) < 4.78 is 5.86. The van der Waals surface area contributed by atoms with E-state index in [0.717, 1.165) is 39.2 Å². The first-order valence-corrected chi connectivity index (χ1v) is 10.4. The number of hydrogen-bond acceptors (Lipinski definition) is 5. The lowest BCUT2D eigenvalue weighted by Crippen LogP contribution is -1.97. The van der Waals surface area contributed by atoms with E-state index in [-0.39, 0.29) is 5.75 Å². The summed E-state index contributed by atoms with van der Waals surface area (Å²) in [6.07, 6.45) is 1.57. The van der Waals surface area contributed by atoms with Gasteiger partial charge in [-0.05, 0) is 71.8 Å². The van der Waals surface area contributed by atoms with Gasteiger partial charge in [-0.3, -0.25) is 4.98 Å². The monoisotopic (exact) mass is 429 g/mol. The van der Waals surface area contributed by atoms with Gasteiger partial charge < -0.3 is 15.2 Å². The number of phenols is 1. The quantitative estimate of drug-likeness (QED) is 0.314. The first-order chi connectivity index (χ1) is 16.2. The molecular formula is C28H19N3O2. The van der Waals surface area contributed by atoms with Gasteiger partial charge >= 0.3 is 0 Å². The summed E-state index contributed by atoms with van der Waals surface area (Å²) in [4.78, 5) is 4.44. The minimum absolute atomic E-state index is 0.202. The van der Waals surface area contributed by atoms with Gasteiger partial charge in [0, 0.05) is 17.3 Å². The Kier molecular flexibility index (Phi) is 5.32. The second kappa shape index (κ2) is 8.74. The van der Waals surface area contributed by atoms with E-state index in [9.17, 15) is 10.4 Å². The lowest BCUT2D eigenvalue weighted by atomic mass is 10.0. The average Bonchev–Trinajstić information content (AvgIpc) is 2.86. The Labute approximate surface area is 191 Å². The van der Waals surface area contributed by atoms with Crippen LogP contribution in [0.3, 0.4) is 0 Å². The molecule has 5 rings (SSSR count). The van der Waals surface area contributed by atoms with E-state index in [2.05, 4.69) is 16.4 Å². The van der Waals surface area contributed by atoms with Crippen LogP contribution in [-0.4, -0.2) is 10.1 Å². The summed E-state index contributed by atoms with van der Waals surface area (Å²) in [5.41, 5.74) is 4.52. The van der Waals surface area contributed by atoms with Crippen molar-refractivity contribution < 1.29 is 9.84 Å². The van der Waals surface area contributed by atoms with E-state index in [1.165, 1.54) is 0 Å². The highest BCUT2D eigenvalue weighted by molar-refractivity contribution is 5.98. The molecule has 33 heavy (non-hydrogen) atoms. The molecule has 0 spiro atoms. The van der Waals surface area contributed by atoms with Crippen LogP contribution in [0.2, 0.25) is 0 Å². The molecule has 0 atom stereocenters. The Morgan fingerprint density at radius 2 is 1.55 bits per heavy atom.